The van der Waals surface area contributed by atoms with Crippen LogP contribution in [0.2, 0.25) is 0 Å². The van der Waals surface area contributed by atoms with Gasteiger partial charge in [0.1, 0.15) is 5.82 Å². The maximum Gasteiger partial charge on any atom is 0.317 e. The molecule has 1 aromatic carbocycles. The fraction of sp³-hybridized carbons (Fsp3) is 0.500. The minimum Gasteiger partial charge on any atom is -0.396 e. The molecule has 1 aliphatic rings. The Morgan fingerprint density at radius 2 is 2.00 bits per heavy atom. The van der Waals surface area contributed by atoms with E-state index in [0.717, 1.165) is 17.5 Å². The van der Waals surface area contributed by atoms with Crippen molar-refractivity contribution in [3.05, 3.63) is 35.8 Å². The van der Waals surface area contributed by atoms with Crippen LogP contribution in [0, 0.1) is 17.7 Å². The first kappa shape index (κ1) is 17.7. The fourth-order valence-electron chi connectivity index (χ4n) is 3.57. The minimum absolute atomic E-state index is 0.000590. The number of benzene rings is 1. The molecule has 4 N–H and O–H groups in total. The number of carbonyl (C=O) groups excluding carboxylic acids is 1. The number of piperidine rings is 1. The van der Waals surface area contributed by atoms with Gasteiger partial charge in [-0.05, 0) is 30.5 Å². The third kappa shape index (κ3) is 3.93. The highest BCUT2D eigenvalue weighted by Crippen LogP contribution is 2.22. The van der Waals surface area contributed by atoms with Gasteiger partial charge >= 0.3 is 6.03 Å². The molecule has 136 valence electrons. The number of halogens is 1. The summed E-state index contributed by atoms with van der Waals surface area (Å²) in [4.78, 5) is 17.0. The van der Waals surface area contributed by atoms with Gasteiger partial charge in [-0.15, -0.1) is 0 Å². The van der Waals surface area contributed by atoms with Crippen molar-refractivity contribution in [1.29, 1.82) is 0 Å². The van der Waals surface area contributed by atoms with Crippen LogP contribution >= 0.6 is 0 Å². The normalized spacial score (nSPS) is 20.8. The molecule has 0 aliphatic carbocycles. The highest BCUT2D eigenvalue weighted by atomic mass is 19.1. The van der Waals surface area contributed by atoms with Crippen molar-refractivity contribution in [2.45, 2.75) is 12.8 Å². The highest BCUT2D eigenvalue weighted by Gasteiger charge is 2.29. The van der Waals surface area contributed by atoms with Crippen LogP contribution in [0.1, 0.15) is 12.0 Å². The van der Waals surface area contributed by atoms with E-state index in [1.165, 1.54) is 6.07 Å². The first-order chi connectivity index (χ1) is 12.1. The number of H-pyrrole nitrogens is 1. The second-order valence-electron chi connectivity index (χ2n) is 6.70. The molecule has 2 amide bonds. The number of likely N-dealkylation sites (tertiary alicyclic amines) is 1. The number of aliphatic hydroxyl groups is 2. The lowest BCUT2D eigenvalue weighted by Gasteiger charge is -2.36. The zero-order chi connectivity index (χ0) is 17.8. The summed E-state index contributed by atoms with van der Waals surface area (Å²) < 4.78 is 14.0. The predicted molar refractivity (Wildman–Crippen MR) is 92.7 cm³/mol. The molecule has 0 spiro atoms. The molecule has 6 nitrogen and oxygen atoms in total. The topological polar surface area (TPSA) is 88.6 Å². The Balaban J connectivity index is 1.57. The lowest BCUT2D eigenvalue weighted by atomic mass is 9.90. The Labute approximate surface area is 145 Å². The molecule has 2 atom stereocenters. The van der Waals surface area contributed by atoms with Gasteiger partial charge < -0.3 is 25.4 Å². The molecule has 25 heavy (non-hydrogen) atoms. The van der Waals surface area contributed by atoms with E-state index in [1.54, 1.807) is 17.2 Å². The number of hydrogen-bond acceptors (Lipinski definition) is 3. The van der Waals surface area contributed by atoms with E-state index in [1.807, 2.05) is 6.07 Å². The zero-order valence-corrected chi connectivity index (χ0v) is 14.0. The zero-order valence-electron chi connectivity index (χ0n) is 14.0. The lowest BCUT2D eigenvalue weighted by Crippen LogP contribution is -2.50. The molecule has 2 aromatic rings. The minimum atomic E-state index is -0.271. The van der Waals surface area contributed by atoms with Crippen LogP contribution < -0.4 is 5.32 Å². The molecule has 1 fully saturated rings. The SMILES string of the molecule is O=C(NCCc1c[nH]c2cccc(F)c12)N1CC(CO)CC(CO)C1. The number of hydrogen-bond donors (Lipinski definition) is 4. The van der Waals surface area contributed by atoms with Crippen LogP contribution in [0.5, 0.6) is 0 Å². The van der Waals surface area contributed by atoms with Crippen molar-refractivity contribution in [1.82, 2.24) is 15.2 Å². The number of fused-ring (bicyclic) bond motifs is 1. The van der Waals surface area contributed by atoms with E-state index >= 15 is 0 Å². The monoisotopic (exact) mass is 349 g/mol. The number of aromatic nitrogens is 1. The van der Waals surface area contributed by atoms with Crippen molar-refractivity contribution < 1.29 is 19.4 Å². The Hall–Kier alpha value is -2.12. The van der Waals surface area contributed by atoms with Gasteiger partial charge in [0.25, 0.3) is 0 Å². The molecule has 0 bridgehead atoms. The van der Waals surface area contributed by atoms with Crippen LogP contribution in [0.25, 0.3) is 10.9 Å². The first-order valence-corrected chi connectivity index (χ1v) is 8.61. The molecule has 1 aliphatic heterocycles. The predicted octanol–water partition coefficient (Wildman–Crippen LogP) is 1.48. The summed E-state index contributed by atoms with van der Waals surface area (Å²) in [6.07, 6.45) is 3.02. The van der Waals surface area contributed by atoms with Crippen LogP contribution in [-0.2, 0) is 6.42 Å². The molecule has 2 unspecified atom stereocenters. The van der Waals surface area contributed by atoms with Gasteiger partial charge in [0.2, 0.25) is 0 Å². The van der Waals surface area contributed by atoms with E-state index in [-0.39, 0.29) is 36.9 Å². The van der Waals surface area contributed by atoms with Crippen molar-refractivity contribution >= 4 is 16.9 Å². The van der Waals surface area contributed by atoms with Crippen LogP contribution in [0.4, 0.5) is 9.18 Å². The Bertz CT molecular complexity index is 721. The lowest BCUT2D eigenvalue weighted by molar-refractivity contribution is 0.0737. The standard InChI is InChI=1S/C18H24FN3O3/c19-15-2-1-3-16-17(15)14(7-21-16)4-5-20-18(25)22-8-12(10-23)6-13(9-22)11-24/h1-3,7,12-13,21,23-24H,4-6,8-11H2,(H,20,25). The maximum atomic E-state index is 14.0. The number of carbonyl (C=O) groups is 1. The van der Waals surface area contributed by atoms with E-state index < -0.39 is 0 Å². The summed E-state index contributed by atoms with van der Waals surface area (Å²) in [5.41, 5.74) is 1.57. The molecule has 3 rings (SSSR count). The summed E-state index contributed by atoms with van der Waals surface area (Å²) in [6.45, 7) is 1.38. The maximum absolute atomic E-state index is 14.0. The third-order valence-electron chi connectivity index (χ3n) is 4.83. The number of aliphatic hydroxyl groups excluding tert-OH is 2. The number of nitrogens with one attached hydrogen (secondary N) is 2. The van der Waals surface area contributed by atoms with Crippen molar-refractivity contribution in [2.24, 2.45) is 11.8 Å². The highest BCUT2D eigenvalue weighted by molar-refractivity contribution is 5.83. The van der Waals surface area contributed by atoms with Crippen molar-refractivity contribution in [3.63, 3.8) is 0 Å². The number of nitrogens with zero attached hydrogens (tertiary/aromatic N) is 1. The average Bonchev–Trinajstić information content (AvgIpc) is 3.05. The molecule has 1 saturated heterocycles. The quantitative estimate of drug-likeness (QED) is 0.659. The van der Waals surface area contributed by atoms with E-state index in [9.17, 15) is 19.4 Å². The number of amides is 2. The summed E-state index contributed by atoms with van der Waals surface area (Å²) in [5, 5.41) is 22.1. The van der Waals surface area contributed by atoms with Gasteiger partial charge in [-0.3, -0.25) is 0 Å². The Kier molecular flexibility index (Phi) is 5.55. The Morgan fingerprint density at radius 1 is 1.28 bits per heavy atom. The number of rotatable bonds is 5. The number of aromatic amines is 1. The average molecular weight is 349 g/mol. The van der Waals surface area contributed by atoms with Gasteiger partial charge in [-0.2, -0.15) is 0 Å². The van der Waals surface area contributed by atoms with E-state index in [2.05, 4.69) is 10.3 Å². The first-order valence-electron chi connectivity index (χ1n) is 8.61. The Morgan fingerprint density at radius 3 is 2.68 bits per heavy atom. The molecule has 7 heteroatoms. The smallest absolute Gasteiger partial charge is 0.317 e. The molecular formula is C18H24FN3O3. The summed E-state index contributed by atoms with van der Waals surface area (Å²) in [7, 11) is 0. The molecule has 0 radical (unpaired) electrons. The van der Waals surface area contributed by atoms with Crippen molar-refractivity contribution in [2.75, 3.05) is 32.8 Å². The van der Waals surface area contributed by atoms with Crippen molar-refractivity contribution in [3.8, 4) is 0 Å². The largest absolute Gasteiger partial charge is 0.396 e. The molecule has 2 heterocycles. The van der Waals surface area contributed by atoms with Gasteiger partial charge in [0, 0.05) is 61.8 Å². The third-order valence-corrected chi connectivity index (χ3v) is 4.83. The van der Waals surface area contributed by atoms with E-state index in [4.69, 9.17) is 0 Å². The second kappa shape index (κ2) is 7.84. The van der Waals surface area contributed by atoms with Crippen LogP contribution in [0.3, 0.4) is 0 Å². The van der Waals surface area contributed by atoms with Gasteiger partial charge in [-0.1, -0.05) is 6.07 Å². The van der Waals surface area contributed by atoms with Crippen LogP contribution in [0.15, 0.2) is 24.4 Å². The molecular weight excluding hydrogens is 325 g/mol. The van der Waals surface area contributed by atoms with Gasteiger partial charge in [-0.25, -0.2) is 9.18 Å². The molecule has 0 saturated carbocycles. The summed E-state index contributed by atoms with van der Waals surface area (Å²) >= 11 is 0. The second-order valence-corrected chi connectivity index (χ2v) is 6.70. The van der Waals surface area contributed by atoms with Gasteiger partial charge in [0.05, 0.1) is 0 Å². The van der Waals surface area contributed by atoms with Crippen LogP contribution in [-0.4, -0.2) is 59.0 Å². The summed E-state index contributed by atoms with van der Waals surface area (Å²) in [6, 6.07) is 4.69. The summed E-state index contributed by atoms with van der Waals surface area (Å²) in [5.74, 6) is -0.272. The number of urea groups is 1. The molecule has 1 aromatic heterocycles. The van der Waals surface area contributed by atoms with Gasteiger partial charge in [0.15, 0.2) is 0 Å². The van der Waals surface area contributed by atoms with E-state index in [0.29, 0.717) is 31.4 Å². The fourth-order valence-corrected chi connectivity index (χ4v) is 3.57.